The molecule has 1 fully saturated rings. The van der Waals surface area contributed by atoms with Crippen LogP contribution in [0.1, 0.15) is 31.4 Å². The Bertz CT molecular complexity index is 440. The molecule has 5 heteroatoms. The number of anilines is 1. The fraction of sp³-hybridized carbons (Fsp3) is 0.538. The van der Waals surface area contributed by atoms with Crippen molar-refractivity contribution in [3.63, 3.8) is 0 Å². The Morgan fingerprint density at radius 3 is 2.83 bits per heavy atom. The van der Waals surface area contributed by atoms with Crippen LogP contribution in [0.3, 0.4) is 0 Å². The molecule has 1 heterocycles. The van der Waals surface area contributed by atoms with E-state index in [4.69, 9.17) is 11.1 Å². The standard InChI is InChI=1S/C13H20N4O/c1-17(9-13(18)6-2-3-7-13)10-5-4-8-16-11(10)12(14)15/h4-5,8,18H,2-3,6-7,9H2,1H3,(H3,14,15). The van der Waals surface area contributed by atoms with Crippen LogP contribution in [0.5, 0.6) is 0 Å². The van der Waals surface area contributed by atoms with Gasteiger partial charge in [0, 0.05) is 19.8 Å². The van der Waals surface area contributed by atoms with Gasteiger partial charge in [0.25, 0.3) is 0 Å². The second-order valence-corrected chi connectivity index (χ2v) is 5.07. The SMILES string of the molecule is CN(CC1(O)CCCC1)c1cccnc1C(=N)N. The number of amidine groups is 1. The quantitative estimate of drug-likeness (QED) is 0.550. The van der Waals surface area contributed by atoms with Crippen molar-refractivity contribution in [2.75, 3.05) is 18.5 Å². The molecule has 0 aliphatic heterocycles. The summed E-state index contributed by atoms with van der Waals surface area (Å²) in [6.45, 7) is 0.555. The van der Waals surface area contributed by atoms with Crippen LogP contribution in [0, 0.1) is 5.41 Å². The summed E-state index contributed by atoms with van der Waals surface area (Å²) in [5.74, 6) is -0.0455. The van der Waals surface area contributed by atoms with Gasteiger partial charge in [-0.15, -0.1) is 0 Å². The lowest BCUT2D eigenvalue weighted by atomic mass is 10.0. The highest BCUT2D eigenvalue weighted by atomic mass is 16.3. The highest BCUT2D eigenvalue weighted by Gasteiger charge is 2.32. The number of hydrogen-bond donors (Lipinski definition) is 3. The average molecular weight is 248 g/mol. The first-order valence-corrected chi connectivity index (χ1v) is 6.25. The molecule has 18 heavy (non-hydrogen) atoms. The maximum Gasteiger partial charge on any atom is 0.143 e. The summed E-state index contributed by atoms with van der Waals surface area (Å²) in [7, 11) is 1.90. The van der Waals surface area contributed by atoms with E-state index in [-0.39, 0.29) is 5.84 Å². The van der Waals surface area contributed by atoms with Gasteiger partial charge in [-0.2, -0.15) is 0 Å². The first-order chi connectivity index (χ1) is 8.52. The van der Waals surface area contributed by atoms with Gasteiger partial charge in [-0.1, -0.05) is 12.8 Å². The molecule has 98 valence electrons. The Balaban J connectivity index is 2.18. The Morgan fingerprint density at radius 2 is 2.22 bits per heavy atom. The number of rotatable bonds is 4. The number of aliphatic hydroxyl groups is 1. The van der Waals surface area contributed by atoms with E-state index in [1.165, 1.54) is 0 Å². The van der Waals surface area contributed by atoms with Crippen molar-refractivity contribution in [3.05, 3.63) is 24.0 Å². The number of nitrogens with two attached hydrogens (primary N) is 1. The molecule has 0 radical (unpaired) electrons. The highest BCUT2D eigenvalue weighted by molar-refractivity contribution is 5.98. The number of likely N-dealkylation sites (N-methyl/N-ethyl adjacent to an activating group) is 1. The smallest absolute Gasteiger partial charge is 0.143 e. The molecule has 0 atom stereocenters. The van der Waals surface area contributed by atoms with Gasteiger partial charge in [0.1, 0.15) is 11.5 Å². The maximum atomic E-state index is 10.4. The number of nitrogens with zero attached hydrogens (tertiary/aromatic N) is 2. The van der Waals surface area contributed by atoms with E-state index in [2.05, 4.69) is 4.98 Å². The lowest BCUT2D eigenvalue weighted by molar-refractivity contribution is 0.0559. The molecule has 1 saturated carbocycles. The van der Waals surface area contributed by atoms with Crippen molar-refractivity contribution in [1.29, 1.82) is 5.41 Å². The molecule has 1 aliphatic carbocycles. The van der Waals surface area contributed by atoms with Crippen LogP contribution in [0.4, 0.5) is 5.69 Å². The summed E-state index contributed by atoms with van der Waals surface area (Å²) in [5, 5.41) is 17.9. The number of nitrogen functional groups attached to an aromatic ring is 1. The summed E-state index contributed by atoms with van der Waals surface area (Å²) >= 11 is 0. The predicted molar refractivity (Wildman–Crippen MR) is 71.9 cm³/mol. The third kappa shape index (κ3) is 2.61. The van der Waals surface area contributed by atoms with Crippen LogP contribution in [0.2, 0.25) is 0 Å². The van der Waals surface area contributed by atoms with Crippen molar-refractivity contribution in [3.8, 4) is 0 Å². The third-order valence-corrected chi connectivity index (χ3v) is 3.52. The summed E-state index contributed by atoms with van der Waals surface area (Å²) < 4.78 is 0. The van der Waals surface area contributed by atoms with Gasteiger partial charge in [0.2, 0.25) is 0 Å². The largest absolute Gasteiger partial charge is 0.388 e. The van der Waals surface area contributed by atoms with E-state index in [1.54, 1.807) is 6.20 Å². The van der Waals surface area contributed by atoms with E-state index in [9.17, 15) is 5.11 Å². The normalized spacial score (nSPS) is 17.7. The molecule has 2 rings (SSSR count). The molecule has 0 spiro atoms. The molecule has 5 nitrogen and oxygen atoms in total. The first-order valence-electron chi connectivity index (χ1n) is 6.25. The van der Waals surface area contributed by atoms with E-state index in [0.717, 1.165) is 31.4 Å². The molecule has 0 unspecified atom stereocenters. The Labute approximate surface area is 107 Å². The van der Waals surface area contributed by atoms with Gasteiger partial charge in [0.05, 0.1) is 11.3 Å². The Morgan fingerprint density at radius 1 is 1.56 bits per heavy atom. The highest BCUT2D eigenvalue weighted by Crippen LogP contribution is 2.31. The lowest BCUT2D eigenvalue weighted by Gasteiger charge is -2.30. The van der Waals surface area contributed by atoms with Gasteiger partial charge < -0.3 is 15.7 Å². The minimum absolute atomic E-state index is 0.0455. The van der Waals surface area contributed by atoms with Crippen molar-refractivity contribution < 1.29 is 5.11 Å². The van der Waals surface area contributed by atoms with Crippen molar-refractivity contribution in [1.82, 2.24) is 4.98 Å². The second-order valence-electron chi connectivity index (χ2n) is 5.07. The minimum atomic E-state index is -0.612. The van der Waals surface area contributed by atoms with Crippen molar-refractivity contribution in [2.45, 2.75) is 31.3 Å². The molecular weight excluding hydrogens is 228 g/mol. The summed E-state index contributed by atoms with van der Waals surface area (Å²) in [4.78, 5) is 6.06. The Hall–Kier alpha value is -1.62. The topological polar surface area (TPSA) is 86.2 Å². The number of pyridine rings is 1. The van der Waals surface area contributed by atoms with Crippen LogP contribution < -0.4 is 10.6 Å². The summed E-state index contributed by atoms with van der Waals surface area (Å²) in [6.07, 6.45) is 5.46. The van der Waals surface area contributed by atoms with Crippen molar-refractivity contribution in [2.24, 2.45) is 5.73 Å². The minimum Gasteiger partial charge on any atom is -0.388 e. The van der Waals surface area contributed by atoms with Crippen LogP contribution in [0.15, 0.2) is 18.3 Å². The van der Waals surface area contributed by atoms with Gasteiger partial charge in [-0.3, -0.25) is 10.4 Å². The zero-order valence-electron chi connectivity index (χ0n) is 10.7. The molecule has 4 N–H and O–H groups in total. The molecule has 0 amide bonds. The molecule has 0 aromatic carbocycles. The molecular formula is C13H20N4O. The molecule has 0 saturated heterocycles. The van der Waals surface area contributed by atoms with Gasteiger partial charge in [-0.05, 0) is 25.0 Å². The fourth-order valence-corrected chi connectivity index (χ4v) is 2.63. The zero-order chi connectivity index (χ0) is 13.2. The molecule has 1 aliphatic rings. The van der Waals surface area contributed by atoms with Gasteiger partial charge >= 0.3 is 0 Å². The van der Waals surface area contributed by atoms with E-state index in [1.807, 2.05) is 24.1 Å². The summed E-state index contributed by atoms with van der Waals surface area (Å²) in [6, 6.07) is 3.69. The third-order valence-electron chi connectivity index (χ3n) is 3.52. The van der Waals surface area contributed by atoms with Gasteiger partial charge in [-0.25, -0.2) is 0 Å². The molecule has 0 bridgehead atoms. The molecule has 1 aromatic heterocycles. The van der Waals surface area contributed by atoms with Crippen LogP contribution >= 0.6 is 0 Å². The van der Waals surface area contributed by atoms with E-state index < -0.39 is 5.60 Å². The van der Waals surface area contributed by atoms with E-state index in [0.29, 0.717) is 12.2 Å². The van der Waals surface area contributed by atoms with Gasteiger partial charge in [0.15, 0.2) is 0 Å². The maximum absolute atomic E-state index is 10.4. The summed E-state index contributed by atoms with van der Waals surface area (Å²) in [5.41, 5.74) is 6.18. The average Bonchev–Trinajstić information content (AvgIpc) is 2.75. The number of nitrogens with one attached hydrogen (secondary N) is 1. The predicted octanol–water partition coefficient (Wildman–Crippen LogP) is 1.11. The van der Waals surface area contributed by atoms with Crippen LogP contribution in [-0.4, -0.2) is 35.1 Å². The first kappa shape index (κ1) is 12.8. The molecule has 1 aromatic rings. The second kappa shape index (κ2) is 4.94. The van der Waals surface area contributed by atoms with Crippen LogP contribution in [-0.2, 0) is 0 Å². The lowest BCUT2D eigenvalue weighted by Crippen LogP contribution is -2.40. The van der Waals surface area contributed by atoms with Crippen LogP contribution in [0.25, 0.3) is 0 Å². The van der Waals surface area contributed by atoms with Crippen molar-refractivity contribution >= 4 is 11.5 Å². The fourth-order valence-electron chi connectivity index (χ4n) is 2.63. The number of aromatic nitrogens is 1. The monoisotopic (exact) mass is 248 g/mol. The van der Waals surface area contributed by atoms with E-state index >= 15 is 0 Å². The zero-order valence-corrected chi connectivity index (χ0v) is 10.7. The number of hydrogen-bond acceptors (Lipinski definition) is 4. The Kier molecular flexibility index (Phi) is 3.52.